The van der Waals surface area contributed by atoms with Crippen molar-refractivity contribution < 1.29 is 18.0 Å². The Morgan fingerprint density at radius 3 is 2.15 bits per heavy atom. The minimum atomic E-state index is -4.18. The molecule has 2 rings (SSSR count). The van der Waals surface area contributed by atoms with Gasteiger partial charge in [0.15, 0.2) is 0 Å². The van der Waals surface area contributed by atoms with Crippen molar-refractivity contribution in [3.05, 3.63) is 0 Å². The Kier molecular flexibility index (Phi) is 5.29. The molecule has 0 spiro atoms. The van der Waals surface area contributed by atoms with E-state index in [1.165, 1.54) is 12.8 Å². The van der Waals surface area contributed by atoms with E-state index in [4.69, 9.17) is 0 Å². The maximum Gasteiger partial charge on any atom is 0.403 e. The number of rotatable bonds is 2. The van der Waals surface area contributed by atoms with Crippen LogP contribution in [0.3, 0.4) is 0 Å². The predicted octanol–water partition coefficient (Wildman–Crippen LogP) is 2.76. The Morgan fingerprint density at radius 1 is 1.00 bits per heavy atom. The third kappa shape index (κ3) is 4.36. The summed E-state index contributed by atoms with van der Waals surface area (Å²) in [6.07, 6.45) is 2.61. The number of piperidine rings is 1. The van der Waals surface area contributed by atoms with Crippen LogP contribution in [0.4, 0.5) is 13.2 Å². The SMILES string of the molecule is O=C(NC1CCC(C(F)(F)F)NC1)C1CCCCCC1. The van der Waals surface area contributed by atoms with Crippen LogP contribution in [0.25, 0.3) is 0 Å². The molecule has 2 aliphatic rings. The van der Waals surface area contributed by atoms with Crippen molar-refractivity contribution in [3.63, 3.8) is 0 Å². The van der Waals surface area contributed by atoms with Crippen molar-refractivity contribution in [2.45, 2.75) is 69.6 Å². The number of halogens is 3. The van der Waals surface area contributed by atoms with Crippen LogP contribution in [-0.2, 0) is 4.79 Å². The lowest BCUT2D eigenvalue weighted by Crippen LogP contribution is -2.54. The van der Waals surface area contributed by atoms with E-state index >= 15 is 0 Å². The zero-order valence-corrected chi connectivity index (χ0v) is 11.6. The fourth-order valence-electron chi connectivity index (χ4n) is 3.12. The van der Waals surface area contributed by atoms with Crippen LogP contribution < -0.4 is 10.6 Å². The molecule has 0 bridgehead atoms. The summed E-state index contributed by atoms with van der Waals surface area (Å²) in [4.78, 5) is 12.1. The van der Waals surface area contributed by atoms with Gasteiger partial charge < -0.3 is 10.6 Å². The first-order chi connectivity index (χ1) is 9.47. The fraction of sp³-hybridized carbons (Fsp3) is 0.929. The van der Waals surface area contributed by atoms with E-state index in [-0.39, 0.29) is 30.8 Å². The fourth-order valence-corrected chi connectivity index (χ4v) is 3.12. The van der Waals surface area contributed by atoms with Crippen molar-refractivity contribution in [2.75, 3.05) is 6.54 Å². The van der Waals surface area contributed by atoms with Crippen LogP contribution >= 0.6 is 0 Å². The average Bonchev–Trinajstić information content (AvgIpc) is 2.67. The number of amides is 1. The third-order valence-electron chi connectivity index (χ3n) is 4.38. The van der Waals surface area contributed by atoms with Gasteiger partial charge in [-0.05, 0) is 25.7 Å². The zero-order valence-electron chi connectivity index (χ0n) is 11.6. The lowest BCUT2D eigenvalue weighted by atomic mass is 9.96. The summed E-state index contributed by atoms with van der Waals surface area (Å²) in [5.74, 6) is 0.0852. The average molecular weight is 292 g/mol. The highest BCUT2D eigenvalue weighted by Crippen LogP contribution is 2.27. The van der Waals surface area contributed by atoms with Crippen molar-refractivity contribution in [2.24, 2.45) is 5.92 Å². The van der Waals surface area contributed by atoms with E-state index in [0.717, 1.165) is 25.7 Å². The van der Waals surface area contributed by atoms with Gasteiger partial charge in [0.1, 0.15) is 6.04 Å². The van der Waals surface area contributed by atoms with Crippen molar-refractivity contribution in [3.8, 4) is 0 Å². The molecular formula is C14H23F3N2O. The van der Waals surface area contributed by atoms with Crippen molar-refractivity contribution in [1.82, 2.24) is 10.6 Å². The molecule has 1 saturated heterocycles. The maximum absolute atomic E-state index is 12.5. The van der Waals surface area contributed by atoms with Crippen molar-refractivity contribution >= 4 is 5.91 Å². The summed E-state index contributed by atoms with van der Waals surface area (Å²) in [6.45, 7) is 0.211. The summed E-state index contributed by atoms with van der Waals surface area (Å²) in [7, 11) is 0. The predicted molar refractivity (Wildman–Crippen MR) is 70.2 cm³/mol. The molecule has 0 aromatic rings. The lowest BCUT2D eigenvalue weighted by Gasteiger charge is -2.32. The van der Waals surface area contributed by atoms with Gasteiger partial charge >= 0.3 is 6.18 Å². The molecule has 1 amide bonds. The highest BCUT2D eigenvalue weighted by Gasteiger charge is 2.41. The van der Waals surface area contributed by atoms with E-state index in [0.29, 0.717) is 6.42 Å². The number of nitrogens with one attached hydrogen (secondary N) is 2. The number of carbonyl (C=O) groups is 1. The monoisotopic (exact) mass is 292 g/mol. The Bertz CT molecular complexity index is 317. The van der Waals surface area contributed by atoms with Gasteiger partial charge in [-0.15, -0.1) is 0 Å². The van der Waals surface area contributed by atoms with Gasteiger partial charge in [0.2, 0.25) is 5.91 Å². The maximum atomic E-state index is 12.5. The van der Waals surface area contributed by atoms with E-state index in [1.807, 2.05) is 0 Å². The normalized spacial score (nSPS) is 29.8. The number of carbonyl (C=O) groups excluding carboxylic acids is 1. The zero-order chi connectivity index (χ0) is 14.6. The van der Waals surface area contributed by atoms with Crippen LogP contribution in [-0.4, -0.2) is 30.7 Å². The van der Waals surface area contributed by atoms with Crippen LogP contribution in [0, 0.1) is 5.92 Å². The van der Waals surface area contributed by atoms with E-state index in [1.54, 1.807) is 0 Å². The number of alkyl halides is 3. The Morgan fingerprint density at radius 2 is 1.65 bits per heavy atom. The van der Waals surface area contributed by atoms with Gasteiger partial charge in [-0.2, -0.15) is 13.2 Å². The van der Waals surface area contributed by atoms with Crippen LogP contribution in [0.15, 0.2) is 0 Å². The molecule has 2 fully saturated rings. The quantitative estimate of drug-likeness (QED) is 0.768. The van der Waals surface area contributed by atoms with Gasteiger partial charge in [0.25, 0.3) is 0 Å². The van der Waals surface area contributed by atoms with Crippen LogP contribution in [0.1, 0.15) is 51.4 Å². The Balaban J connectivity index is 1.75. The number of hydrogen-bond donors (Lipinski definition) is 2. The molecule has 0 aromatic carbocycles. The molecule has 0 aromatic heterocycles. The molecule has 2 N–H and O–H groups in total. The van der Waals surface area contributed by atoms with Crippen LogP contribution in [0.2, 0.25) is 0 Å². The Hall–Kier alpha value is -0.780. The second-order valence-electron chi connectivity index (χ2n) is 5.97. The first kappa shape index (κ1) is 15.6. The second-order valence-corrected chi connectivity index (χ2v) is 5.97. The standard InChI is InChI=1S/C14H23F3N2O/c15-14(16,17)12-8-7-11(9-18-12)19-13(20)10-5-3-1-2-4-6-10/h10-12,18H,1-9H2,(H,19,20). The summed E-state index contributed by atoms with van der Waals surface area (Å²) >= 11 is 0. The van der Waals surface area contributed by atoms with Gasteiger partial charge in [0.05, 0.1) is 0 Å². The summed E-state index contributed by atoms with van der Waals surface area (Å²) in [5.41, 5.74) is 0. The summed E-state index contributed by atoms with van der Waals surface area (Å²) < 4.78 is 37.6. The first-order valence-electron chi connectivity index (χ1n) is 7.57. The van der Waals surface area contributed by atoms with Crippen molar-refractivity contribution in [1.29, 1.82) is 0 Å². The lowest BCUT2D eigenvalue weighted by molar-refractivity contribution is -0.161. The molecule has 0 radical (unpaired) electrons. The smallest absolute Gasteiger partial charge is 0.352 e. The first-order valence-corrected chi connectivity index (χ1v) is 7.57. The summed E-state index contributed by atoms with van der Waals surface area (Å²) in [5, 5.41) is 5.41. The van der Waals surface area contributed by atoms with Gasteiger partial charge in [-0.25, -0.2) is 0 Å². The van der Waals surface area contributed by atoms with Gasteiger partial charge in [-0.3, -0.25) is 4.79 Å². The molecule has 116 valence electrons. The molecule has 20 heavy (non-hydrogen) atoms. The molecule has 1 saturated carbocycles. The van der Waals surface area contributed by atoms with Gasteiger partial charge in [-0.1, -0.05) is 25.7 Å². The molecule has 6 heteroatoms. The molecule has 1 aliphatic carbocycles. The molecule has 1 heterocycles. The molecule has 3 nitrogen and oxygen atoms in total. The molecular weight excluding hydrogens is 269 g/mol. The van der Waals surface area contributed by atoms with E-state index in [9.17, 15) is 18.0 Å². The van der Waals surface area contributed by atoms with Gasteiger partial charge in [0, 0.05) is 18.5 Å². The highest BCUT2D eigenvalue weighted by molar-refractivity contribution is 5.79. The number of hydrogen-bond acceptors (Lipinski definition) is 2. The topological polar surface area (TPSA) is 41.1 Å². The molecule has 2 unspecified atom stereocenters. The minimum absolute atomic E-state index is 0.0316. The Labute approximate surface area is 117 Å². The third-order valence-corrected chi connectivity index (χ3v) is 4.38. The van der Waals surface area contributed by atoms with Crippen LogP contribution in [0.5, 0.6) is 0 Å². The molecule has 2 atom stereocenters. The second kappa shape index (κ2) is 6.78. The molecule has 1 aliphatic heterocycles. The highest BCUT2D eigenvalue weighted by atomic mass is 19.4. The largest absolute Gasteiger partial charge is 0.403 e. The summed E-state index contributed by atoms with van der Waals surface area (Å²) in [6, 6.07) is -1.59. The van der Waals surface area contributed by atoms with E-state index in [2.05, 4.69) is 10.6 Å². The van der Waals surface area contributed by atoms with E-state index < -0.39 is 12.2 Å². The minimum Gasteiger partial charge on any atom is -0.352 e.